The van der Waals surface area contributed by atoms with Crippen LogP contribution in [-0.4, -0.2) is 24.9 Å². The predicted molar refractivity (Wildman–Crippen MR) is 96.6 cm³/mol. The molecule has 0 amide bonds. The number of rotatable bonds is 1. The van der Waals surface area contributed by atoms with Crippen LogP contribution < -0.4 is 5.32 Å². The zero-order valence-electron chi connectivity index (χ0n) is 12.9. The fourth-order valence-electron chi connectivity index (χ4n) is 2.96. The minimum Gasteiger partial charge on any atom is -0.338 e. The summed E-state index contributed by atoms with van der Waals surface area (Å²) in [7, 11) is 0. The van der Waals surface area contributed by atoms with Crippen molar-refractivity contribution in [3.8, 4) is 34.0 Å². The lowest BCUT2D eigenvalue weighted by molar-refractivity contribution is 1.22. The zero-order chi connectivity index (χ0) is 16.8. The monoisotopic (exact) mass is 346 g/mol. The maximum absolute atomic E-state index is 6.03. The Hall–Kier alpha value is -3.25. The molecule has 5 heterocycles. The van der Waals surface area contributed by atoms with E-state index in [1.165, 1.54) is 0 Å². The van der Waals surface area contributed by atoms with Gasteiger partial charge in [-0.2, -0.15) is 0 Å². The van der Waals surface area contributed by atoms with Crippen LogP contribution in [0.15, 0.2) is 55.0 Å². The summed E-state index contributed by atoms with van der Waals surface area (Å²) in [4.78, 5) is 21.2. The Kier molecular flexibility index (Phi) is 3.05. The Morgan fingerprint density at radius 3 is 2.80 bits per heavy atom. The van der Waals surface area contributed by atoms with Crippen molar-refractivity contribution in [3.05, 3.63) is 60.1 Å². The van der Waals surface area contributed by atoms with Gasteiger partial charge in [0.2, 0.25) is 0 Å². The molecule has 0 atom stereocenters. The molecule has 6 nitrogen and oxygen atoms in total. The SMILES string of the molecule is Clc1cccc(-c2nc3c([nH]2)-c2ccncc2Nc2ncccc2-3)n1. The van der Waals surface area contributed by atoms with Crippen LogP contribution in [-0.2, 0) is 0 Å². The molecule has 0 saturated heterocycles. The smallest absolute Gasteiger partial charge is 0.157 e. The molecule has 25 heavy (non-hydrogen) atoms. The van der Waals surface area contributed by atoms with E-state index in [1.54, 1.807) is 24.7 Å². The highest BCUT2D eigenvalue weighted by Gasteiger charge is 2.24. The van der Waals surface area contributed by atoms with E-state index in [2.05, 4.69) is 25.3 Å². The van der Waals surface area contributed by atoms with E-state index >= 15 is 0 Å². The second-order valence-corrected chi connectivity index (χ2v) is 5.99. The van der Waals surface area contributed by atoms with Crippen LogP contribution in [0.1, 0.15) is 0 Å². The number of hydrogen-bond acceptors (Lipinski definition) is 5. The number of aromatic amines is 1. The third kappa shape index (κ3) is 2.27. The molecule has 0 bridgehead atoms. The molecule has 4 aromatic rings. The van der Waals surface area contributed by atoms with Gasteiger partial charge in [-0.05, 0) is 30.3 Å². The van der Waals surface area contributed by atoms with Gasteiger partial charge in [-0.25, -0.2) is 15.0 Å². The minimum atomic E-state index is 0.428. The molecule has 5 rings (SSSR count). The number of H-pyrrole nitrogens is 1. The van der Waals surface area contributed by atoms with E-state index in [1.807, 2.05) is 30.3 Å². The van der Waals surface area contributed by atoms with Crippen molar-refractivity contribution in [1.82, 2.24) is 24.9 Å². The maximum Gasteiger partial charge on any atom is 0.157 e. The number of aromatic nitrogens is 5. The first-order valence-electron chi connectivity index (χ1n) is 7.69. The number of pyridine rings is 3. The van der Waals surface area contributed by atoms with Gasteiger partial charge in [0.25, 0.3) is 0 Å². The molecule has 0 spiro atoms. The van der Waals surface area contributed by atoms with Crippen molar-refractivity contribution in [1.29, 1.82) is 0 Å². The van der Waals surface area contributed by atoms with Crippen molar-refractivity contribution < 1.29 is 0 Å². The van der Waals surface area contributed by atoms with Crippen LogP contribution in [0.4, 0.5) is 11.5 Å². The van der Waals surface area contributed by atoms with Crippen molar-refractivity contribution in [2.45, 2.75) is 0 Å². The van der Waals surface area contributed by atoms with Crippen LogP contribution in [0.25, 0.3) is 34.0 Å². The number of anilines is 2. The quantitative estimate of drug-likeness (QED) is 0.442. The molecule has 7 heteroatoms. The van der Waals surface area contributed by atoms with Crippen LogP contribution in [0.3, 0.4) is 0 Å². The number of fused-ring (bicyclic) bond motifs is 5. The topological polar surface area (TPSA) is 79.4 Å². The Morgan fingerprint density at radius 2 is 1.88 bits per heavy atom. The third-order valence-corrected chi connectivity index (χ3v) is 4.28. The summed E-state index contributed by atoms with van der Waals surface area (Å²) in [5, 5.41) is 3.76. The molecule has 120 valence electrons. The van der Waals surface area contributed by atoms with E-state index in [0.29, 0.717) is 16.7 Å². The minimum absolute atomic E-state index is 0.428. The van der Waals surface area contributed by atoms with Gasteiger partial charge in [0.05, 0.1) is 17.6 Å². The van der Waals surface area contributed by atoms with Crippen molar-refractivity contribution in [2.24, 2.45) is 0 Å². The molecule has 0 aromatic carbocycles. The third-order valence-electron chi connectivity index (χ3n) is 4.07. The van der Waals surface area contributed by atoms with E-state index < -0.39 is 0 Å². The number of nitrogens with zero attached hydrogens (tertiary/aromatic N) is 4. The molecular weight excluding hydrogens is 336 g/mol. The summed E-state index contributed by atoms with van der Waals surface area (Å²) in [6.45, 7) is 0. The lowest BCUT2D eigenvalue weighted by atomic mass is 10.1. The van der Waals surface area contributed by atoms with Gasteiger partial charge in [0.1, 0.15) is 22.4 Å². The van der Waals surface area contributed by atoms with E-state index in [-0.39, 0.29) is 0 Å². The highest BCUT2D eigenvalue weighted by Crippen LogP contribution is 2.42. The standard InChI is InChI=1S/C18H11ClN6/c19-14-5-1-4-12(22-14)18-24-15-10-6-8-20-9-13(10)23-17-11(16(15)25-18)3-2-7-21-17/h1-9H,(H,21,23)(H,24,25). The Bertz CT molecular complexity index is 1040. The first-order valence-corrected chi connectivity index (χ1v) is 8.07. The van der Waals surface area contributed by atoms with Gasteiger partial charge < -0.3 is 10.3 Å². The summed E-state index contributed by atoms with van der Waals surface area (Å²) >= 11 is 6.03. The number of nitrogens with one attached hydrogen (secondary N) is 2. The van der Waals surface area contributed by atoms with Gasteiger partial charge in [0.15, 0.2) is 5.82 Å². The Morgan fingerprint density at radius 1 is 0.920 bits per heavy atom. The number of hydrogen-bond donors (Lipinski definition) is 2. The van der Waals surface area contributed by atoms with E-state index in [0.717, 1.165) is 34.0 Å². The largest absolute Gasteiger partial charge is 0.338 e. The molecular formula is C18H11ClN6. The Labute approximate surface area is 148 Å². The Balaban J connectivity index is 1.80. The van der Waals surface area contributed by atoms with Crippen LogP contribution in [0.2, 0.25) is 5.15 Å². The molecule has 4 aromatic heterocycles. The molecule has 0 aliphatic carbocycles. The van der Waals surface area contributed by atoms with Gasteiger partial charge in [-0.15, -0.1) is 0 Å². The molecule has 0 radical (unpaired) electrons. The lowest BCUT2D eigenvalue weighted by Gasteiger charge is -2.07. The summed E-state index contributed by atoms with van der Waals surface area (Å²) in [6.07, 6.45) is 5.28. The van der Waals surface area contributed by atoms with Crippen LogP contribution in [0.5, 0.6) is 0 Å². The van der Waals surface area contributed by atoms with Crippen molar-refractivity contribution >= 4 is 23.1 Å². The number of halogens is 1. The first kappa shape index (κ1) is 14.1. The summed E-state index contributed by atoms with van der Waals surface area (Å²) in [6, 6.07) is 11.3. The summed E-state index contributed by atoms with van der Waals surface area (Å²) in [5.41, 5.74) is 5.16. The second-order valence-electron chi connectivity index (χ2n) is 5.60. The molecule has 0 unspecified atom stereocenters. The van der Waals surface area contributed by atoms with Gasteiger partial charge in [-0.3, -0.25) is 4.98 Å². The first-order chi connectivity index (χ1) is 12.3. The highest BCUT2D eigenvalue weighted by molar-refractivity contribution is 6.29. The van der Waals surface area contributed by atoms with E-state index in [4.69, 9.17) is 16.6 Å². The molecule has 0 fully saturated rings. The molecule has 1 aliphatic heterocycles. The predicted octanol–water partition coefficient (Wildman–Crippen LogP) is 4.31. The molecule has 1 aliphatic rings. The average Bonchev–Trinajstić information content (AvgIpc) is 3.03. The average molecular weight is 347 g/mol. The van der Waals surface area contributed by atoms with Crippen molar-refractivity contribution in [2.75, 3.05) is 5.32 Å². The molecule has 0 saturated carbocycles. The van der Waals surface area contributed by atoms with E-state index in [9.17, 15) is 0 Å². The van der Waals surface area contributed by atoms with Gasteiger partial charge in [-0.1, -0.05) is 17.7 Å². The maximum atomic E-state index is 6.03. The molecule has 2 N–H and O–H groups in total. The normalized spacial score (nSPS) is 11.7. The zero-order valence-corrected chi connectivity index (χ0v) is 13.6. The number of imidazole rings is 1. The van der Waals surface area contributed by atoms with Gasteiger partial charge in [0, 0.05) is 23.5 Å². The fraction of sp³-hybridized carbons (Fsp3) is 0. The van der Waals surface area contributed by atoms with Crippen LogP contribution >= 0.6 is 11.6 Å². The summed E-state index contributed by atoms with van der Waals surface area (Å²) < 4.78 is 0. The summed E-state index contributed by atoms with van der Waals surface area (Å²) in [5.74, 6) is 1.40. The fourth-order valence-corrected chi connectivity index (χ4v) is 3.12. The second kappa shape index (κ2) is 5.39. The van der Waals surface area contributed by atoms with Crippen molar-refractivity contribution in [3.63, 3.8) is 0 Å². The highest BCUT2D eigenvalue weighted by atomic mass is 35.5. The lowest BCUT2D eigenvalue weighted by Crippen LogP contribution is -1.96. The van der Waals surface area contributed by atoms with Crippen LogP contribution in [0, 0.1) is 0 Å². The van der Waals surface area contributed by atoms with Gasteiger partial charge >= 0.3 is 0 Å².